The largest absolute Gasteiger partial charge is 0.360 e. The lowest BCUT2D eigenvalue weighted by molar-refractivity contribution is 0.770. The Balaban J connectivity index is 2.24. The zero-order valence-electron chi connectivity index (χ0n) is 8.47. The van der Waals surface area contributed by atoms with E-state index < -0.39 is 0 Å². The molecular formula is C10H13BrN4. The normalized spacial score (nSPS) is 10.8. The fourth-order valence-electron chi connectivity index (χ4n) is 1.44. The summed E-state index contributed by atoms with van der Waals surface area (Å²) in [5.41, 5.74) is 3.08. The summed E-state index contributed by atoms with van der Waals surface area (Å²) in [6, 6.07) is 3.96. The molecule has 80 valence electrons. The zero-order valence-corrected chi connectivity index (χ0v) is 10.1. The Labute approximate surface area is 96.6 Å². The fraction of sp³-hybridized carbons (Fsp3) is 0.300. The predicted molar refractivity (Wildman–Crippen MR) is 63.7 cm³/mol. The van der Waals surface area contributed by atoms with Gasteiger partial charge < -0.3 is 10.3 Å². The molecule has 2 aromatic heterocycles. The Morgan fingerprint density at radius 3 is 3.07 bits per heavy atom. The lowest BCUT2D eigenvalue weighted by atomic mass is 10.2. The first-order valence-electron chi connectivity index (χ1n) is 4.84. The number of hydrogen-bond acceptors (Lipinski definition) is 2. The molecule has 0 atom stereocenters. The molecule has 2 aromatic rings. The van der Waals surface area contributed by atoms with Crippen molar-refractivity contribution in [1.82, 2.24) is 20.5 Å². The quantitative estimate of drug-likeness (QED) is 0.794. The second kappa shape index (κ2) is 4.63. The number of H-pyrrole nitrogens is 2. The molecule has 5 heteroatoms. The van der Waals surface area contributed by atoms with E-state index in [9.17, 15) is 0 Å². The maximum atomic E-state index is 4.28. The number of nitrogens with one attached hydrogen (secondary N) is 3. The first-order chi connectivity index (χ1) is 7.33. The molecule has 0 saturated heterocycles. The summed E-state index contributed by atoms with van der Waals surface area (Å²) < 4.78 is 1.04. The number of nitrogens with zero attached hydrogens (tertiary/aromatic N) is 1. The molecule has 15 heavy (non-hydrogen) atoms. The van der Waals surface area contributed by atoms with Crippen LogP contribution in [0.4, 0.5) is 0 Å². The van der Waals surface area contributed by atoms with Crippen molar-refractivity contribution >= 4 is 15.9 Å². The second-order valence-corrected chi connectivity index (χ2v) is 4.10. The minimum atomic E-state index is 0.935. The first kappa shape index (κ1) is 10.4. The molecule has 0 radical (unpaired) electrons. The molecule has 0 aliphatic carbocycles. The Kier molecular flexibility index (Phi) is 3.23. The minimum absolute atomic E-state index is 0.935. The van der Waals surface area contributed by atoms with Crippen molar-refractivity contribution in [2.45, 2.75) is 6.42 Å². The van der Waals surface area contributed by atoms with Gasteiger partial charge in [-0.05, 0) is 35.1 Å². The number of rotatable bonds is 4. The standard InChI is InChI=1S/C10H13BrN4/c1-12-6-4-7-9(11)10(15-14-7)8-3-2-5-13-8/h2-3,5,12-13H,4,6H2,1H3,(H,14,15). The van der Waals surface area contributed by atoms with Crippen molar-refractivity contribution in [3.8, 4) is 11.4 Å². The molecule has 0 aliphatic heterocycles. The average Bonchev–Trinajstić information content (AvgIpc) is 2.84. The van der Waals surface area contributed by atoms with Gasteiger partial charge in [-0.15, -0.1) is 0 Å². The molecule has 0 saturated carbocycles. The summed E-state index contributed by atoms with van der Waals surface area (Å²) in [7, 11) is 1.94. The second-order valence-electron chi connectivity index (χ2n) is 3.30. The summed E-state index contributed by atoms with van der Waals surface area (Å²) in [6.45, 7) is 0.935. The van der Waals surface area contributed by atoms with Crippen LogP contribution in [0.25, 0.3) is 11.4 Å². The van der Waals surface area contributed by atoms with Gasteiger partial charge in [0.05, 0.1) is 15.9 Å². The summed E-state index contributed by atoms with van der Waals surface area (Å²) in [5.74, 6) is 0. The SMILES string of the molecule is CNCCc1[nH]nc(-c2ccc[nH]2)c1Br. The van der Waals surface area contributed by atoms with Crippen molar-refractivity contribution in [1.29, 1.82) is 0 Å². The highest BCUT2D eigenvalue weighted by atomic mass is 79.9. The Morgan fingerprint density at radius 1 is 1.53 bits per heavy atom. The van der Waals surface area contributed by atoms with E-state index >= 15 is 0 Å². The maximum Gasteiger partial charge on any atom is 0.123 e. The number of hydrogen-bond donors (Lipinski definition) is 3. The number of likely N-dealkylation sites (N-methyl/N-ethyl adjacent to an activating group) is 1. The Morgan fingerprint density at radius 2 is 2.40 bits per heavy atom. The monoisotopic (exact) mass is 268 g/mol. The van der Waals surface area contributed by atoms with Crippen LogP contribution >= 0.6 is 15.9 Å². The third-order valence-electron chi connectivity index (χ3n) is 2.25. The molecule has 3 N–H and O–H groups in total. The smallest absolute Gasteiger partial charge is 0.123 e. The summed E-state index contributed by atoms with van der Waals surface area (Å²) in [4.78, 5) is 3.14. The van der Waals surface area contributed by atoms with E-state index in [1.807, 2.05) is 25.4 Å². The van der Waals surface area contributed by atoms with Gasteiger partial charge in [0, 0.05) is 19.2 Å². The lowest BCUT2D eigenvalue weighted by Crippen LogP contribution is -2.10. The van der Waals surface area contributed by atoms with Crippen molar-refractivity contribution in [2.24, 2.45) is 0 Å². The number of aromatic nitrogens is 3. The van der Waals surface area contributed by atoms with E-state index in [0.717, 1.165) is 34.5 Å². The van der Waals surface area contributed by atoms with Gasteiger partial charge in [0.15, 0.2) is 0 Å². The van der Waals surface area contributed by atoms with Crippen molar-refractivity contribution in [3.63, 3.8) is 0 Å². The predicted octanol–water partition coefficient (Wildman–Crippen LogP) is 1.93. The van der Waals surface area contributed by atoms with Crippen LogP contribution in [0.15, 0.2) is 22.8 Å². The van der Waals surface area contributed by atoms with E-state index in [1.54, 1.807) is 0 Å². The van der Waals surface area contributed by atoms with Crippen molar-refractivity contribution in [3.05, 3.63) is 28.5 Å². The lowest BCUT2D eigenvalue weighted by Gasteiger charge is -1.97. The molecule has 0 spiro atoms. The van der Waals surface area contributed by atoms with Gasteiger partial charge >= 0.3 is 0 Å². The summed E-state index contributed by atoms with van der Waals surface area (Å²) in [5, 5.41) is 10.4. The molecule has 2 heterocycles. The van der Waals surface area contributed by atoms with Crippen molar-refractivity contribution < 1.29 is 0 Å². The van der Waals surface area contributed by atoms with Gasteiger partial charge in [0.2, 0.25) is 0 Å². The summed E-state index contributed by atoms with van der Waals surface area (Å²) in [6.07, 6.45) is 2.83. The van der Waals surface area contributed by atoms with E-state index in [-0.39, 0.29) is 0 Å². The van der Waals surface area contributed by atoms with Crippen LogP contribution in [0.5, 0.6) is 0 Å². The highest BCUT2D eigenvalue weighted by Crippen LogP contribution is 2.27. The minimum Gasteiger partial charge on any atom is -0.360 e. The highest BCUT2D eigenvalue weighted by Gasteiger charge is 2.11. The van der Waals surface area contributed by atoms with Gasteiger partial charge in [-0.25, -0.2) is 0 Å². The van der Waals surface area contributed by atoms with Gasteiger partial charge in [-0.2, -0.15) is 5.10 Å². The molecule has 0 fully saturated rings. The van der Waals surface area contributed by atoms with Crippen molar-refractivity contribution in [2.75, 3.05) is 13.6 Å². The van der Waals surface area contributed by atoms with Crippen LogP contribution in [0.2, 0.25) is 0 Å². The highest BCUT2D eigenvalue weighted by molar-refractivity contribution is 9.10. The number of halogens is 1. The molecule has 0 aliphatic rings. The average molecular weight is 269 g/mol. The van der Waals surface area contributed by atoms with Crippen LogP contribution in [0, 0.1) is 0 Å². The molecule has 2 rings (SSSR count). The van der Waals surface area contributed by atoms with Gasteiger partial charge in [0.1, 0.15) is 5.69 Å². The van der Waals surface area contributed by atoms with Gasteiger partial charge in [-0.1, -0.05) is 0 Å². The van der Waals surface area contributed by atoms with Gasteiger partial charge in [-0.3, -0.25) is 5.10 Å². The van der Waals surface area contributed by atoms with Crippen LogP contribution < -0.4 is 5.32 Å². The summed E-state index contributed by atoms with van der Waals surface area (Å²) >= 11 is 3.56. The molecule has 0 amide bonds. The van der Waals surface area contributed by atoms with Gasteiger partial charge in [0.25, 0.3) is 0 Å². The van der Waals surface area contributed by atoms with E-state index in [2.05, 4.69) is 36.4 Å². The number of aromatic amines is 2. The molecular weight excluding hydrogens is 256 g/mol. The molecule has 0 bridgehead atoms. The Bertz CT molecular complexity index is 419. The van der Waals surface area contributed by atoms with E-state index in [4.69, 9.17) is 0 Å². The molecule has 0 aromatic carbocycles. The first-order valence-corrected chi connectivity index (χ1v) is 5.63. The molecule has 0 unspecified atom stereocenters. The van der Waals surface area contributed by atoms with E-state index in [1.165, 1.54) is 0 Å². The third-order valence-corrected chi connectivity index (χ3v) is 3.11. The zero-order chi connectivity index (χ0) is 10.7. The van der Waals surface area contributed by atoms with Crippen LogP contribution in [0.3, 0.4) is 0 Å². The maximum absolute atomic E-state index is 4.28. The fourth-order valence-corrected chi connectivity index (χ4v) is 2.03. The van der Waals surface area contributed by atoms with Crippen LogP contribution in [-0.2, 0) is 6.42 Å². The van der Waals surface area contributed by atoms with Crippen LogP contribution in [0.1, 0.15) is 5.69 Å². The topological polar surface area (TPSA) is 56.5 Å². The molecule has 4 nitrogen and oxygen atoms in total. The van der Waals surface area contributed by atoms with E-state index in [0.29, 0.717) is 0 Å². The van der Waals surface area contributed by atoms with Crippen LogP contribution in [-0.4, -0.2) is 28.8 Å². The Hall–Kier alpha value is -1.07. The third kappa shape index (κ3) is 2.13.